The molecule has 4 rings (SSSR count). The molecule has 6 nitrogen and oxygen atoms in total. The lowest BCUT2D eigenvalue weighted by Crippen LogP contribution is -2.32. The van der Waals surface area contributed by atoms with Gasteiger partial charge in [0.25, 0.3) is 5.91 Å². The number of nitrogens with zero attached hydrogens (tertiary/aromatic N) is 2. The first-order valence-electron chi connectivity index (χ1n) is 8.15. The number of carbonyl (C=O) groups excluding carboxylic acids is 1. The summed E-state index contributed by atoms with van der Waals surface area (Å²) in [5.74, 6) is -0.115. The number of hydrogen-bond acceptors (Lipinski definition) is 4. The molecule has 0 bridgehead atoms. The van der Waals surface area contributed by atoms with Gasteiger partial charge in [0.05, 0.1) is 12.6 Å². The minimum atomic E-state index is -0.393. The van der Waals surface area contributed by atoms with Crippen molar-refractivity contribution in [3.05, 3.63) is 69.8 Å². The maximum Gasteiger partial charge on any atom is 0.273 e. The van der Waals surface area contributed by atoms with Crippen LogP contribution in [0.2, 0.25) is 0 Å². The molecule has 1 unspecified atom stereocenters. The third-order valence-electron chi connectivity index (χ3n) is 4.53. The van der Waals surface area contributed by atoms with Gasteiger partial charge in [-0.1, -0.05) is 40.2 Å². The molecule has 132 valence electrons. The Morgan fingerprint density at radius 1 is 1.19 bits per heavy atom. The van der Waals surface area contributed by atoms with E-state index >= 15 is 0 Å². The van der Waals surface area contributed by atoms with Crippen LogP contribution in [0.4, 0.5) is 0 Å². The number of aliphatic hydroxyl groups is 1. The largest absolute Gasteiger partial charge is 0.507 e. The van der Waals surface area contributed by atoms with Crippen LogP contribution >= 0.6 is 15.9 Å². The predicted molar refractivity (Wildman–Crippen MR) is 99.8 cm³/mol. The Hall–Kier alpha value is -2.64. The average molecular weight is 414 g/mol. The number of fused-ring (bicyclic) bond motifs is 1. The van der Waals surface area contributed by atoms with Gasteiger partial charge in [0.2, 0.25) is 0 Å². The van der Waals surface area contributed by atoms with Crippen molar-refractivity contribution in [3.8, 4) is 17.0 Å². The molecule has 0 spiro atoms. The monoisotopic (exact) mass is 413 g/mol. The van der Waals surface area contributed by atoms with Crippen molar-refractivity contribution in [1.29, 1.82) is 0 Å². The van der Waals surface area contributed by atoms with Crippen molar-refractivity contribution in [3.63, 3.8) is 0 Å². The SMILES string of the molecule is O=C1c2[nH]nc(-c3ccccc3O)c2C(c2cccc(Br)c2)N1CCO. The van der Waals surface area contributed by atoms with E-state index in [2.05, 4.69) is 26.1 Å². The number of aromatic hydroxyl groups is 1. The second-order valence-electron chi connectivity index (χ2n) is 6.06. The summed E-state index contributed by atoms with van der Waals surface area (Å²) in [5.41, 5.74) is 3.10. The number of carbonyl (C=O) groups is 1. The molecular weight excluding hydrogens is 398 g/mol. The van der Waals surface area contributed by atoms with Crippen LogP contribution in [-0.4, -0.2) is 44.4 Å². The minimum Gasteiger partial charge on any atom is -0.507 e. The number of benzene rings is 2. The van der Waals surface area contributed by atoms with Gasteiger partial charge in [-0.2, -0.15) is 5.10 Å². The third kappa shape index (κ3) is 2.60. The first kappa shape index (κ1) is 16.8. The van der Waals surface area contributed by atoms with Gasteiger partial charge >= 0.3 is 0 Å². The fraction of sp³-hybridized carbons (Fsp3) is 0.158. The molecular formula is C19H16BrN3O3. The van der Waals surface area contributed by atoms with Gasteiger partial charge < -0.3 is 15.1 Å². The van der Waals surface area contributed by atoms with Gasteiger partial charge in [-0.15, -0.1) is 0 Å². The van der Waals surface area contributed by atoms with E-state index in [-0.39, 0.29) is 24.8 Å². The van der Waals surface area contributed by atoms with Crippen LogP contribution in [0.1, 0.15) is 27.7 Å². The highest BCUT2D eigenvalue weighted by atomic mass is 79.9. The van der Waals surface area contributed by atoms with Crippen molar-refractivity contribution in [2.45, 2.75) is 6.04 Å². The molecule has 0 aliphatic carbocycles. The zero-order valence-corrected chi connectivity index (χ0v) is 15.3. The third-order valence-corrected chi connectivity index (χ3v) is 5.02. The van der Waals surface area contributed by atoms with Crippen LogP contribution in [-0.2, 0) is 0 Å². The zero-order chi connectivity index (χ0) is 18.3. The van der Waals surface area contributed by atoms with Crippen molar-refractivity contribution >= 4 is 21.8 Å². The van der Waals surface area contributed by atoms with Gasteiger partial charge in [0.15, 0.2) is 0 Å². The highest BCUT2D eigenvalue weighted by molar-refractivity contribution is 9.10. The van der Waals surface area contributed by atoms with E-state index in [0.717, 1.165) is 10.0 Å². The number of H-pyrrole nitrogens is 1. The molecule has 1 aliphatic rings. The van der Waals surface area contributed by atoms with Crippen LogP contribution in [0.15, 0.2) is 53.0 Å². The molecule has 0 saturated heterocycles. The summed E-state index contributed by atoms with van der Waals surface area (Å²) >= 11 is 3.47. The molecule has 0 radical (unpaired) electrons. The first-order valence-corrected chi connectivity index (χ1v) is 8.95. The Bertz CT molecular complexity index is 986. The molecule has 1 aromatic heterocycles. The van der Waals surface area contributed by atoms with Crippen LogP contribution in [0.25, 0.3) is 11.3 Å². The van der Waals surface area contributed by atoms with E-state index in [1.165, 1.54) is 0 Å². The van der Waals surface area contributed by atoms with Crippen molar-refractivity contribution in [1.82, 2.24) is 15.1 Å². The molecule has 3 aromatic rings. The second kappa shape index (κ2) is 6.59. The van der Waals surface area contributed by atoms with E-state index in [1.54, 1.807) is 23.1 Å². The highest BCUT2D eigenvalue weighted by Gasteiger charge is 2.42. The molecule has 7 heteroatoms. The summed E-state index contributed by atoms with van der Waals surface area (Å²) in [7, 11) is 0. The van der Waals surface area contributed by atoms with E-state index in [1.807, 2.05) is 30.3 Å². The number of halogens is 1. The van der Waals surface area contributed by atoms with E-state index in [0.29, 0.717) is 22.5 Å². The van der Waals surface area contributed by atoms with E-state index in [4.69, 9.17) is 0 Å². The number of para-hydroxylation sites is 1. The van der Waals surface area contributed by atoms with Crippen LogP contribution < -0.4 is 0 Å². The Morgan fingerprint density at radius 2 is 2.00 bits per heavy atom. The van der Waals surface area contributed by atoms with Crippen LogP contribution in [0, 0.1) is 0 Å². The quantitative estimate of drug-likeness (QED) is 0.612. The molecule has 0 fully saturated rings. The van der Waals surface area contributed by atoms with Gasteiger partial charge in [-0.25, -0.2) is 0 Å². The molecule has 1 atom stereocenters. The molecule has 0 saturated carbocycles. The standard InChI is InChI=1S/C19H16BrN3O3/c20-12-5-3-4-11(10-12)18-15-16(13-6-1-2-7-14(13)25)21-22-17(15)19(26)23(18)8-9-24/h1-7,10,18,24-25H,8-9H2,(H,21,22). The smallest absolute Gasteiger partial charge is 0.273 e. The van der Waals surface area contributed by atoms with Crippen molar-refractivity contribution in [2.75, 3.05) is 13.2 Å². The summed E-state index contributed by atoms with van der Waals surface area (Å²) in [4.78, 5) is 14.5. The molecule has 2 heterocycles. The lowest BCUT2D eigenvalue weighted by Gasteiger charge is -2.25. The molecule has 3 N–H and O–H groups in total. The Kier molecular flexibility index (Phi) is 4.26. The van der Waals surface area contributed by atoms with Crippen molar-refractivity contribution < 1.29 is 15.0 Å². The summed E-state index contributed by atoms with van der Waals surface area (Å²) in [6.07, 6.45) is 0. The summed E-state index contributed by atoms with van der Waals surface area (Å²) < 4.78 is 0.896. The Morgan fingerprint density at radius 3 is 2.73 bits per heavy atom. The lowest BCUT2D eigenvalue weighted by molar-refractivity contribution is 0.0706. The number of aliphatic hydroxyl groups excluding tert-OH is 1. The first-order chi connectivity index (χ1) is 12.6. The van der Waals surface area contributed by atoms with Crippen LogP contribution in [0.5, 0.6) is 5.75 Å². The lowest BCUT2D eigenvalue weighted by atomic mass is 9.96. The molecule has 26 heavy (non-hydrogen) atoms. The maximum absolute atomic E-state index is 12.9. The number of aromatic nitrogens is 2. The average Bonchev–Trinajstić information content (AvgIpc) is 3.16. The predicted octanol–water partition coefficient (Wildman–Crippen LogP) is 3.08. The number of phenols is 1. The van der Waals surface area contributed by atoms with E-state index in [9.17, 15) is 15.0 Å². The van der Waals surface area contributed by atoms with Crippen LogP contribution in [0.3, 0.4) is 0 Å². The Labute approximate surface area is 158 Å². The van der Waals surface area contributed by atoms with Gasteiger partial charge in [-0.05, 0) is 29.8 Å². The Balaban J connectivity index is 1.93. The number of hydrogen-bond donors (Lipinski definition) is 3. The van der Waals surface area contributed by atoms with Gasteiger partial charge in [0.1, 0.15) is 17.1 Å². The normalized spacial score (nSPS) is 16.2. The van der Waals surface area contributed by atoms with Crippen molar-refractivity contribution in [2.24, 2.45) is 0 Å². The number of β-amino-alcohol motifs (C(OH)–C–C–N with tert-alkyl or cyclic N) is 1. The maximum atomic E-state index is 12.9. The van der Waals surface area contributed by atoms with Gasteiger partial charge in [-0.3, -0.25) is 9.89 Å². The number of nitrogens with one attached hydrogen (secondary N) is 1. The van der Waals surface area contributed by atoms with E-state index < -0.39 is 6.04 Å². The number of rotatable bonds is 4. The zero-order valence-electron chi connectivity index (χ0n) is 13.7. The van der Waals surface area contributed by atoms with Gasteiger partial charge in [0, 0.05) is 22.1 Å². The summed E-state index contributed by atoms with van der Waals surface area (Å²) in [6, 6.07) is 14.2. The molecule has 2 aromatic carbocycles. The topological polar surface area (TPSA) is 89.5 Å². The minimum absolute atomic E-state index is 0.0999. The fourth-order valence-corrected chi connectivity index (χ4v) is 3.85. The number of aromatic amines is 1. The fourth-order valence-electron chi connectivity index (χ4n) is 3.44. The number of phenolic OH excluding ortho intramolecular Hbond substituents is 1. The summed E-state index contributed by atoms with van der Waals surface area (Å²) in [6.45, 7) is 0.0681. The summed E-state index contributed by atoms with van der Waals surface area (Å²) in [5, 5.41) is 26.8. The molecule has 1 aliphatic heterocycles. The second-order valence-corrected chi connectivity index (χ2v) is 6.97. The highest BCUT2D eigenvalue weighted by Crippen LogP contribution is 2.44. The number of amides is 1. The molecule has 1 amide bonds.